The minimum absolute atomic E-state index is 0.304. The third-order valence-electron chi connectivity index (χ3n) is 2.96. The van der Waals surface area contributed by atoms with Crippen molar-refractivity contribution in [3.8, 4) is 0 Å². The highest BCUT2D eigenvalue weighted by molar-refractivity contribution is 7.89. The first-order valence-corrected chi connectivity index (χ1v) is 8.72. The van der Waals surface area contributed by atoms with Crippen molar-refractivity contribution in [2.24, 2.45) is 13.0 Å². The van der Waals surface area contributed by atoms with Crippen LogP contribution in [0.15, 0.2) is 17.2 Å². The predicted octanol–water partition coefficient (Wildman–Crippen LogP) is 1.09. The summed E-state index contributed by atoms with van der Waals surface area (Å²) in [6, 6.07) is 1.69. The van der Waals surface area contributed by atoms with Gasteiger partial charge < -0.3 is 14.6 Å². The molecule has 0 radical (unpaired) electrons. The molecule has 0 spiro atoms. The van der Waals surface area contributed by atoms with Gasteiger partial charge in [0, 0.05) is 45.2 Å². The van der Waals surface area contributed by atoms with Crippen molar-refractivity contribution in [3.05, 3.63) is 18.0 Å². The normalized spacial score (nSPS) is 12.2. The second kappa shape index (κ2) is 8.53. The molecular formula is C14H27N3O3S. The monoisotopic (exact) mass is 317 g/mol. The lowest BCUT2D eigenvalue weighted by atomic mass is 10.2. The number of sulfonamides is 1. The van der Waals surface area contributed by atoms with Gasteiger partial charge in [-0.25, -0.2) is 13.1 Å². The summed E-state index contributed by atoms with van der Waals surface area (Å²) in [6.07, 6.45) is 2.30. The van der Waals surface area contributed by atoms with Gasteiger partial charge in [-0.2, -0.15) is 0 Å². The molecule has 0 unspecified atom stereocenters. The first-order valence-electron chi connectivity index (χ1n) is 7.24. The first kappa shape index (κ1) is 18.2. The van der Waals surface area contributed by atoms with Crippen LogP contribution < -0.4 is 10.0 Å². The zero-order chi connectivity index (χ0) is 15.9. The Morgan fingerprint density at radius 1 is 1.38 bits per heavy atom. The second-order valence-electron chi connectivity index (χ2n) is 5.53. The molecule has 0 aliphatic carbocycles. The smallest absolute Gasteiger partial charge is 0.242 e. The van der Waals surface area contributed by atoms with E-state index in [0.717, 1.165) is 5.69 Å². The van der Waals surface area contributed by atoms with Crippen molar-refractivity contribution in [2.45, 2.75) is 31.7 Å². The van der Waals surface area contributed by atoms with Crippen molar-refractivity contribution in [1.82, 2.24) is 14.6 Å². The predicted molar refractivity (Wildman–Crippen MR) is 83.6 cm³/mol. The maximum absolute atomic E-state index is 12.2. The fourth-order valence-electron chi connectivity index (χ4n) is 1.86. The molecule has 0 aliphatic rings. The molecule has 2 N–H and O–H groups in total. The summed E-state index contributed by atoms with van der Waals surface area (Å²) in [5.74, 6) is 0.497. The summed E-state index contributed by atoms with van der Waals surface area (Å²) in [6.45, 7) is 6.47. The molecule has 7 heteroatoms. The van der Waals surface area contributed by atoms with Crippen molar-refractivity contribution < 1.29 is 13.2 Å². The largest absolute Gasteiger partial charge is 0.381 e. The summed E-state index contributed by atoms with van der Waals surface area (Å²) in [5, 5.41) is 3.01. The van der Waals surface area contributed by atoms with Gasteiger partial charge in [0.05, 0.1) is 4.90 Å². The third-order valence-corrected chi connectivity index (χ3v) is 4.39. The standard InChI is InChI=1S/C14H27N3O3S/c1-12(2)11-20-7-5-6-16-21(18,19)14-8-13(9-15-3)17(4)10-14/h8,10,12,15-16H,5-7,9,11H2,1-4H3. The molecule has 1 aromatic heterocycles. The van der Waals surface area contributed by atoms with Crippen molar-refractivity contribution in [1.29, 1.82) is 0 Å². The first-order chi connectivity index (χ1) is 9.86. The number of nitrogens with one attached hydrogen (secondary N) is 2. The van der Waals surface area contributed by atoms with Gasteiger partial charge >= 0.3 is 0 Å². The molecule has 0 atom stereocenters. The molecule has 6 nitrogen and oxygen atoms in total. The Morgan fingerprint density at radius 2 is 2.10 bits per heavy atom. The van der Waals surface area contributed by atoms with Crippen LogP contribution in [-0.4, -0.2) is 39.8 Å². The molecule has 1 aromatic rings. The van der Waals surface area contributed by atoms with E-state index in [0.29, 0.717) is 43.5 Å². The molecule has 1 heterocycles. The van der Waals surface area contributed by atoms with Crippen LogP contribution >= 0.6 is 0 Å². The lowest BCUT2D eigenvalue weighted by Gasteiger charge is -2.07. The molecule has 0 bridgehead atoms. The molecule has 1 rings (SSSR count). The molecule has 0 fully saturated rings. The molecule has 0 saturated carbocycles. The Hall–Kier alpha value is -0.890. The van der Waals surface area contributed by atoms with Gasteiger partial charge in [-0.3, -0.25) is 0 Å². The van der Waals surface area contributed by atoms with Crippen molar-refractivity contribution >= 4 is 10.0 Å². The van der Waals surface area contributed by atoms with Crippen LogP contribution in [0.4, 0.5) is 0 Å². The quantitative estimate of drug-likeness (QED) is 0.634. The van der Waals surface area contributed by atoms with Gasteiger partial charge in [0.15, 0.2) is 0 Å². The van der Waals surface area contributed by atoms with Gasteiger partial charge in [-0.1, -0.05) is 13.8 Å². The fourth-order valence-corrected chi connectivity index (χ4v) is 3.03. The Balaban J connectivity index is 2.44. The molecule has 21 heavy (non-hydrogen) atoms. The van der Waals surface area contributed by atoms with Gasteiger partial charge in [0.1, 0.15) is 0 Å². The van der Waals surface area contributed by atoms with E-state index in [9.17, 15) is 8.42 Å². The highest BCUT2D eigenvalue weighted by atomic mass is 32.2. The van der Waals surface area contributed by atoms with Gasteiger partial charge in [-0.15, -0.1) is 0 Å². The maximum atomic E-state index is 12.2. The summed E-state index contributed by atoms with van der Waals surface area (Å²) in [5.41, 5.74) is 0.929. The summed E-state index contributed by atoms with van der Waals surface area (Å²) < 4.78 is 34.2. The number of nitrogens with zero attached hydrogens (tertiary/aromatic N) is 1. The van der Waals surface area contributed by atoms with Crippen molar-refractivity contribution in [3.63, 3.8) is 0 Å². The van der Waals surface area contributed by atoms with E-state index in [4.69, 9.17) is 4.74 Å². The van der Waals surface area contributed by atoms with E-state index in [2.05, 4.69) is 23.9 Å². The molecule has 0 aromatic carbocycles. The Labute approximate surface area is 127 Å². The SMILES string of the molecule is CNCc1cc(S(=O)(=O)NCCCOCC(C)C)cn1C. The van der Waals surface area contributed by atoms with Gasteiger partial charge in [0.2, 0.25) is 10.0 Å². The summed E-state index contributed by atoms with van der Waals surface area (Å²) in [7, 11) is 0.231. The average Bonchev–Trinajstić information content (AvgIpc) is 2.76. The van der Waals surface area contributed by atoms with Crippen LogP contribution in [0, 0.1) is 5.92 Å². The number of hydrogen-bond acceptors (Lipinski definition) is 4. The molecular weight excluding hydrogens is 290 g/mol. The van der Waals surface area contributed by atoms with Crippen LogP contribution in [-0.2, 0) is 28.4 Å². The maximum Gasteiger partial charge on any atom is 0.242 e. The van der Waals surface area contributed by atoms with E-state index < -0.39 is 10.0 Å². The van der Waals surface area contributed by atoms with Crippen LogP contribution in [0.3, 0.4) is 0 Å². The second-order valence-corrected chi connectivity index (χ2v) is 7.30. The van der Waals surface area contributed by atoms with E-state index >= 15 is 0 Å². The lowest BCUT2D eigenvalue weighted by Crippen LogP contribution is -2.25. The molecule has 0 aliphatic heterocycles. The topological polar surface area (TPSA) is 72.4 Å². The van der Waals surface area contributed by atoms with Crippen molar-refractivity contribution in [2.75, 3.05) is 26.8 Å². The van der Waals surface area contributed by atoms with E-state index in [-0.39, 0.29) is 0 Å². The zero-order valence-electron chi connectivity index (χ0n) is 13.3. The van der Waals surface area contributed by atoms with E-state index in [1.165, 1.54) is 0 Å². The lowest BCUT2D eigenvalue weighted by molar-refractivity contribution is 0.108. The summed E-state index contributed by atoms with van der Waals surface area (Å²) >= 11 is 0. The minimum atomic E-state index is -3.44. The third kappa shape index (κ3) is 6.17. The highest BCUT2D eigenvalue weighted by Gasteiger charge is 2.16. The Morgan fingerprint density at radius 3 is 2.71 bits per heavy atom. The Kier molecular flexibility index (Phi) is 7.37. The van der Waals surface area contributed by atoms with Crippen LogP contribution in [0.1, 0.15) is 26.0 Å². The number of aromatic nitrogens is 1. The Bertz CT molecular complexity index is 524. The molecule has 0 saturated heterocycles. The average molecular weight is 317 g/mol. The number of aryl methyl sites for hydroxylation is 1. The summed E-state index contributed by atoms with van der Waals surface area (Å²) in [4.78, 5) is 0.304. The van der Waals surface area contributed by atoms with Crippen LogP contribution in [0.2, 0.25) is 0 Å². The van der Waals surface area contributed by atoms with Gasteiger partial charge in [0.25, 0.3) is 0 Å². The molecule has 0 amide bonds. The van der Waals surface area contributed by atoms with E-state index in [1.54, 1.807) is 12.3 Å². The number of rotatable bonds is 10. The van der Waals surface area contributed by atoms with Crippen LogP contribution in [0.5, 0.6) is 0 Å². The molecule has 122 valence electrons. The van der Waals surface area contributed by atoms with E-state index in [1.807, 2.05) is 18.7 Å². The zero-order valence-corrected chi connectivity index (χ0v) is 14.2. The van der Waals surface area contributed by atoms with Crippen LogP contribution in [0.25, 0.3) is 0 Å². The number of ether oxygens (including phenoxy) is 1. The highest BCUT2D eigenvalue weighted by Crippen LogP contribution is 2.13. The minimum Gasteiger partial charge on any atom is -0.381 e. The van der Waals surface area contributed by atoms with Gasteiger partial charge in [-0.05, 0) is 25.5 Å². The number of hydrogen-bond donors (Lipinski definition) is 2. The fraction of sp³-hybridized carbons (Fsp3) is 0.714.